The lowest BCUT2D eigenvalue weighted by Gasteiger charge is -2.28. The van der Waals surface area contributed by atoms with Crippen molar-refractivity contribution in [1.29, 1.82) is 0 Å². The Morgan fingerprint density at radius 3 is 2.65 bits per heavy atom. The second-order valence-electron chi connectivity index (χ2n) is 4.39. The SMILES string of the molecule is O=C1c2cc(F)ccc2CS(=O)(=O)N1C1CC1. The molecule has 1 aromatic rings. The largest absolute Gasteiger partial charge is 0.268 e. The van der Waals surface area contributed by atoms with E-state index < -0.39 is 21.7 Å². The summed E-state index contributed by atoms with van der Waals surface area (Å²) in [6, 6.07) is 3.43. The average molecular weight is 255 g/mol. The number of nitrogens with zero attached hydrogens (tertiary/aromatic N) is 1. The summed E-state index contributed by atoms with van der Waals surface area (Å²) in [5, 5.41) is 0. The molecule has 0 bridgehead atoms. The maximum atomic E-state index is 13.1. The van der Waals surface area contributed by atoms with Gasteiger partial charge < -0.3 is 0 Å². The summed E-state index contributed by atoms with van der Waals surface area (Å²) in [7, 11) is -3.57. The van der Waals surface area contributed by atoms with Crippen LogP contribution in [-0.2, 0) is 15.8 Å². The summed E-state index contributed by atoms with van der Waals surface area (Å²) in [6.07, 6.45) is 1.41. The first-order chi connectivity index (χ1) is 7.99. The van der Waals surface area contributed by atoms with E-state index in [1.165, 1.54) is 12.1 Å². The summed E-state index contributed by atoms with van der Waals surface area (Å²) in [5.74, 6) is -1.33. The molecule has 2 aliphatic rings. The minimum atomic E-state index is -3.57. The van der Waals surface area contributed by atoms with Crippen LogP contribution in [0.2, 0.25) is 0 Å². The van der Waals surface area contributed by atoms with Crippen molar-refractivity contribution in [2.24, 2.45) is 0 Å². The number of fused-ring (bicyclic) bond motifs is 1. The highest BCUT2D eigenvalue weighted by Crippen LogP contribution is 2.35. The van der Waals surface area contributed by atoms with E-state index in [-0.39, 0.29) is 17.4 Å². The van der Waals surface area contributed by atoms with Gasteiger partial charge in [-0.15, -0.1) is 0 Å². The number of halogens is 1. The molecule has 0 aromatic heterocycles. The van der Waals surface area contributed by atoms with Crippen LogP contribution in [0.25, 0.3) is 0 Å². The molecule has 1 aliphatic heterocycles. The van der Waals surface area contributed by atoms with E-state index in [2.05, 4.69) is 0 Å². The van der Waals surface area contributed by atoms with Crippen LogP contribution in [0.1, 0.15) is 28.8 Å². The number of rotatable bonds is 1. The van der Waals surface area contributed by atoms with Gasteiger partial charge in [0, 0.05) is 11.6 Å². The Labute approximate surface area is 98.1 Å². The van der Waals surface area contributed by atoms with E-state index in [9.17, 15) is 17.6 Å². The zero-order valence-corrected chi connectivity index (χ0v) is 9.71. The molecule has 0 saturated heterocycles. The smallest absolute Gasteiger partial charge is 0.268 e. The van der Waals surface area contributed by atoms with Crippen LogP contribution in [0, 0.1) is 5.82 Å². The Balaban J connectivity index is 2.16. The molecular formula is C11H10FNO3S. The quantitative estimate of drug-likeness (QED) is 0.759. The number of benzene rings is 1. The van der Waals surface area contributed by atoms with Gasteiger partial charge in [-0.1, -0.05) is 6.07 Å². The van der Waals surface area contributed by atoms with Crippen molar-refractivity contribution in [3.05, 3.63) is 35.1 Å². The fraction of sp³-hybridized carbons (Fsp3) is 0.364. The molecule has 1 heterocycles. The Bertz CT molecular complexity index is 607. The van der Waals surface area contributed by atoms with Crippen LogP contribution < -0.4 is 0 Å². The van der Waals surface area contributed by atoms with Crippen LogP contribution in [0.4, 0.5) is 4.39 Å². The second kappa shape index (κ2) is 3.29. The Kier molecular flexibility index (Phi) is 2.07. The molecule has 1 amide bonds. The number of carbonyl (C=O) groups is 1. The first-order valence-electron chi connectivity index (χ1n) is 5.34. The Morgan fingerprint density at radius 2 is 2.00 bits per heavy atom. The van der Waals surface area contributed by atoms with Crippen molar-refractivity contribution in [2.45, 2.75) is 24.6 Å². The van der Waals surface area contributed by atoms with Crippen LogP contribution in [0.5, 0.6) is 0 Å². The van der Waals surface area contributed by atoms with Crippen molar-refractivity contribution < 1.29 is 17.6 Å². The molecule has 0 atom stereocenters. The van der Waals surface area contributed by atoms with E-state index in [0.29, 0.717) is 18.4 Å². The third-order valence-corrected chi connectivity index (χ3v) is 4.76. The maximum absolute atomic E-state index is 13.1. The standard InChI is InChI=1S/C11H10FNO3S/c12-8-2-1-7-6-17(15,16)13(9-3-4-9)11(14)10(7)5-8/h1-2,5,9H,3-4,6H2. The van der Waals surface area contributed by atoms with Crippen LogP contribution in [0.3, 0.4) is 0 Å². The average Bonchev–Trinajstić information content (AvgIpc) is 3.03. The van der Waals surface area contributed by atoms with Crippen LogP contribution in [-0.4, -0.2) is 24.7 Å². The molecule has 90 valence electrons. The number of hydrogen-bond donors (Lipinski definition) is 0. The Hall–Kier alpha value is -1.43. The van der Waals surface area contributed by atoms with Gasteiger partial charge in [0.1, 0.15) is 5.82 Å². The number of carbonyl (C=O) groups excluding carboxylic acids is 1. The van der Waals surface area contributed by atoms with E-state index >= 15 is 0 Å². The van der Waals surface area contributed by atoms with E-state index in [1.54, 1.807) is 0 Å². The molecule has 0 unspecified atom stereocenters. The summed E-state index contributed by atoms with van der Waals surface area (Å²) in [5.41, 5.74) is 0.556. The van der Waals surface area contributed by atoms with Gasteiger partial charge in [-0.3, -0.25) is 4.79 Å². The Morgan fingerprint density at radius 1 is 1.29 bits per heavy atom. The lowest BCUT2D eigenvalue weighted by atomic mass is 10.1. The number of amides is 1. The molecule has 1 aliphatic carbocycles. The van der Waals surface area contributed by atoms with Crippen LogP contribution in [0.15, 0.2) is 18.2 Å². The lowest BCUT2D eigenvalue weighted by Crippen LogP contribution is -2.43. The molecule has 1 saturated carbocycles. The molecule has 1 fully saturated rings. The summed E-state index contributed by atoms with van der Waals surface area (Å²) < 4.78 is 37.9. The van der Waals surface area contributed by atoms with E-state index in [0.717, 1.165) is 10.4 Å². The number of sulfonamides is 1. The first-order valence-corrected chi connectivity index (χ1v) is 6.95. The van der Waals surface area contributed by atoms with Gasteiger partial charge in [-0.2, -0.15) is 0 Å². The third kappa shape index (κ3) is 1.63. The minimum absolute atomic E-state index is 0.173. The van der Waals surface area contributed by atoms with Crippen molar-refractivity contribution in [1.82, 2.24) is 4.31 Å². The molecular weight excluding hydrogens is 245 g/mol. The topological polar surface area (TPSA) is 54.5 Å². The maximum Gasteiger partial charge on any atom is 0.268 e. The highest BCUT2D eigenvalue weighted by molar-refractivity contribution is 7.89. The fourth-order valence-corrected chi connectivity index (χ4v) is 3.89. The summed E-state index contributed by atoms with van der Waals surface area (Å²) in [4.78, 5) is 12.0. The summed E-state index contributed by atoms with van der Waals surface area (Å²) >= 11 is 0. The predicted octanol–water partition coefficient (Wildman–Crippen LogP) is 1.27. The van der Waals surface area contributed by atoms with Crippen molar-refractivity contribution in [3.8, 4) is 0 Å². The van der Waals surface area contributed by atoms with Gasteiger partial charge in [-0.05, 0) is 30.5 Å². The zero-order valence-electron chi connectivity index (χ0n) is 8.89. The monoisotopic (exact) mass is 255 g/mol. The molecule has 1 aromatic carbocycles. The highest BCUT2D eigenvalue weighted by Gasteiger charge is 2.44. The number of hydrogen-bond acceptors (Lipinski definition) is 3. The molecule has 4 nitrogen and oxygen atoms in total. The van der Waals surface area contributed by atoms with Crippen molar-refractivity contribution in [3.63, 3.8) is 0 Å². The molecule has 6 heteroatoms. The van der Waals surface area contributed by atoms with Gasteiger partial charge in [-0.25, -0.2) is 17.1 Å². The normalized spacial score (nSPS) is 22.4. The molecule has 17 heavy (non-hydrogen) atoms. The van der Waals surface area contributed by atoms with Gasteiger partial charge in [0.2, 0.25) is 10.0 Å². The molecule has 3 rings (SSSR count). The van der Waals surface area contributed by atoms with Gasteiger partial charge in [0.15, 0.2) is 0 Å². The minimum Gasteiger partial charge on any atom is -0.268 e. The predicted molar refractivity (Wildman–Crippen MR) is 58.2 cm³/mol. The molecule has 0 N–H and O–H groups in total. The van der Waals surface area contributed by atoms with Crippen LogP contribution >= 0.6 is 0 Å². The highest BCUT2D eigenvalue weighted by atomic mass is 32.2. The lowest BCUT2D eigenvalue weighted by molar-refractivity contribution is 0.0848. The van der Waals surface area contributed by atoms with E-state index in [4.69, 9.17) is 0 Å². The van der Waals surface area contributed by atoms with Crippen molar-refractivity contribution >= 4 is 15.9 Å². The van der Waals surface area contributed by atoms with E-state index in [1.807, 2.05) is 0 Å². The van der Waals surface area contributed by atoms with Gasteiger partial charge >= 0.3 is 0 Å². The molecule has 0 radical (unpaired) electrons. The summed E-state index contributed by atoms with van der Waals surface area (Å²) in [6.45, 7) is 0. The zero-order chi connectivity index (χ0) is 12.2. The van der Waals surface area contributed by atoms with Crippen molar-refractivity contribution in [2.75, 3.05) is 0 Å². The molecule has 0 spiro atoms. The second-order valence-corrected chi connectivity index (χ2v) is 6.24. The third-order valence-electron chi connectivity index (χ3n) is 3.02. The fourth-order valence-electron chi connectivity index (χ4n) is 2.09. The van der Waals surface area contributed by atoms with Gasteiger partial charge in [0.25, 0.3) is 5.91 Å². The van der Waals surface area contributed by atoms with Gasteiger partial charge in [0.05, 0.1) is 5.75 Å². The first kappa shape index (κ1) is 10.7.